The molecule has 3 rings (SSSR count). The summed E-state index contributed by atoms with van der Waals surface area (Å²) in [6.07, 6.45) is 4.86. The second-order valence-corrected chi connectivity index (χ2v) is 7.08. The van der Waals surface area contributed by atoms with E-state index >= 15 is 0 Å². The Morgan fingerprint density at radius 2 is 1.90 bits per heavy atom. The Labute approximate surface area is 135 Å². The lowest BCUT2D eigenvalue weighted by atomic mass is 9.91. The van der Waals surface area contributed by atoms with Crippen LogP contribution in [0.3, 0.4) is 0 Å². The van der Waals surface area contributed by atoms with Crippen molar-refractivity contribution in [2.45, 2.75) is 50.1 Å². The molecule has 0 radical (unpaired) electrons. The van der Waals surface area contributed by atoms with Crippen molar-refractivity contribution in [1.29, 1.82) is 0 Å². The molecule has 1 amide bonds. The first kappa shape index (κ1) is 15.1. The van der Waals surface area contributed by atoms with Crippen LogP contribution in [0, 0.1) is 5.92 Å². The topological polar surface area (TPSA) is 55.1 Å². The molecule has 2 atom stereocenters. The highest BCUT2D eigenvalue weighted by molar-refractivity contribution is 6.35. The summed E-state index contributed by atoms with van der Waals surface area (Å²) >= 11 is 12.1. The first-order valence-corrected chi connectivity index (χ1v) is 8.31. The van der Waals surface area contributed by atoms with Crippen LogP contribution >= 0.6 is 23.2 Å². The summed E-state index contributed by atoms with van der Waals surface area (Å²) in [6.45, 7) is 0. The van der Waals surface area contributed by atoms with Crippen LogP contribution in [0.15, 0.2) is 18.2 Å². The second-order valence-electron chi connectivity index (χ2n) is 6.23. The quantitative estimate of drug-likeness (QED) is 0.893. The predicted octanol–water partition coefficient (Wildman–Crippen LogP) is 3.48. The Bertz CT molecular complexity index is 541. The molecule has 2 saturated carbocycles. The van der Waals surface area contributed by atoms with Crippen molar-refractivity contribution in [2.75, 3.05) is 0 Å². The van der Waals surface area contributed by atoms with E-state index in [1.807, 2.05) is 12.1 Å². The molecule has 0 saturated heterocycles. The van der Waals surface area contributed by atoms with Crippen LogP contribution in [0.25, 0.3) is 0 Å². The molecule has 21 heavy (non-hydrogen) atoms. The smallest absolute Gasteiger partial charge is 0.223 e. The van der Waals surface area contributed by atoms with E-state index in [1.54, 1.807) is 6.07 Å². The Balaban J connectivity index is 1.56. The summed E-state index contributed by atoms with van der Waals surface area (Å²) in [6, 6.07) is 6.11. The van der Waals surface area contributed by atoms with Gasteiger partial charge in [-0.15, -0.1) is 0 Å². The van der Waals surface area contributed by atoms with Gasteiger partial charge in [0.1, 0.15) is 0 Å². The van der Waals surface area contributed by atoms with Gasteiger partial charge in [0.05, 0.1) is 0 Å². The summed E-state index contributed by atoms with van der Waals surface area (Å²) in [5.74, 6) is 0.450. The maximum atomic E-state index is 12.3. The number of carbonyl (C=O) groups excluding carboxylic acids is 1. The van der Waals surface area contributed by atoms with Gasteiger partial charge in [0.15, 0.2) is 0 Å². The molecule has 2 unspecified atom stereocenters. The molecule has 3 N–H and O–H groups in total. The number of nitrogens with one attached hydrogen (secondary N) is 1. The van der Waals surface area contributed by atoms with Crippen LogP contribution in [0.4, 0.5) is 0 Å². The Morgan fingerprint density at radius 3 is 2.57 bits per heavy atom. The van der Waals surface area contributed by atoms with Gasteiger partial charge in [0.25, 0.3) is 0 Å². The third-order valence-corrected chi connectivity index (χ3v) is 5.17. The van der Waals surface area contributed by atoms with Gasteiger partial charge in [-0.3, -0.25) is 4.79 Å². The van der Waals surface area contributed by atoms with E-state index in [4.69, 9.17) is 28.9 Å². The zero-order valence-corrected chi connectivity index (χ0v) is 13.3. The Kier molecular flexibility index (Phi) is 4.43. The van der Waals surface area contributed by atoms with Gasteiger partial charge in [0, 0.05) is 28.0 Å². The summed E-state index contributed by atoms with van der Waals surface area (Å²) in [5, 5.41) is 4.46. The minimum absolute atomic E-state index is 0.0549. The summed E-state index contributed by atoms with van der Waals surface area (Å²) in [7, 11) is 0. The van der Waals surface area contributed by atoms with Gasteiger partial charge < -0.3 is 11.1 Å². The third-order valence-electron chi connectivity index (χ3n) is 4.61. The van der Waals surface area contributed by atoms with Crippen LogP contribution in [-0.2, 0) is 4.79 Å². The maximum Gasteiger partial charge on any atom is 0.223 e. The number of amides is 1. The molecule has 2 aliphatic rings. The first-order chi connectivity index (χ1) is 10.0. The van der Waals surface area contributed by atoms with Crippen molar-refractivity contribution >= 4 is 29.1 Å². The highest BCUT2D eigenvalue weighted by Crippen LogP contribution is 2.50. The zero-order valence-electron chi connectivity index (χ0n) is 11.8. The molecular formula is C16H20Cl2N2O. The second kappa shape index (κ2) is 6.15. The number of benzene rings is 1. The predicted molar refractivity (Wildman–Crippen MR) is 85.7 cm³/mol. The van der Waals surface area contributed by atoms with Crippen LogP contribution in [0.1, 0.15) is 43.6 Å². The summed E-state index contributed by atoms with van der Waals surface area (Å²) in [5.41, 5.74) is 6.92. The molecule has 1 aromatic carbocycles. The van der Waals surface area contributed by atoms with Gasteiger partial charge in [-0.25, -0.2) is 0 Å². The molecule has 5 heteroatoms. The lowest BCUT2D eigenvalue weighted by Crippen LogP contribution is -2.41. The van der Waals surface area contributed by atoms with E-state index in [9.17, 15) is 4.79 Å². The fraction of sp³-hybridized carbons (Fsp3) is 0.562. The van der Waals surface area contributed by atoms with E-state index in [-0.39, 0.29) is 17.7 Å². The van der Waals surface area contributed by atoms with Crippen molar-refractivity contribution in [1.82, 2.24) is 5.32 Å². The monoisotopic (exact) mass is 326 g/mol. The van der Waals surface area contributed by atoms with E-state index in [2.05, 4.69) is 5.32 Å². The molecule has 114 valence electrons. The fourth-order valence-electron chi connectivity index (χ4n) is 3.20. The highest BCUT2D eigenvalue weighted by atomic mass is 35.5. The minimum Gasteiger partial charge on any atom is -0.353 e. The lowest BCUT2D eigenvalue weighted by Gasteiger charge is -2.26. The van der Waals surface area contributed by atoms with Crippen molar-refractivity contribution in [3.8, 4) is 0 Å². The molecule has 0 aliphatic heterocycles. The average molecular weight is 327 g/mol. The summed E-state index contributed by atoms with van der Waals surface area (Å²) in [4.78, 5) is 12.3. The van der Waals surface area contributed by atoms with Gasteiger partial charge in [-0.05, 0) is 55.7 Å². The fourth-order valence-corrected chi connectivity index (χ4v) is 3.75. The van der Waals surface area contributed by atoms with Gasteiger partial charge in [-0.2, -0.15) is 0 Å². The van der Waals surface area contributed by atoms with Crippen LogP contribution in [0.5, 0.6) is 0 Å². The van der Waals surface area contributed by atoms with Crippen LogP contribution < -0.4 is 11.1 Å². The largest absolute Gasteiger partial charge is 0.353 e. The average Bonchev–Trinajstić information content (AvgIpc) is 3.21. The molecule has 0 heterocycles. The van der Waals surface area contributed by atoms with Crippen LogP contribution in [0.2, 0.25) is 10.0 Å². The molecule has 0 spiro atoms. The zero-order chi connectivity index (χ0) is 15.0. The standard InChI is InChI=1S/C16H20Cl2N2O/c17-9-1-6-12(15(18)7-9)13-8-14(13)16(21)20-11-4-2-10(19)3-5-11/h1,6-7,10-11,13-14H,2-5,8,19H2,(H,20,21). The van der Waals surface area contributed by atoms with E-state index < -0.39 is 0 Å². The normalized spacial score (nSPS) is 31.8. The number of rotatable bonds is 3. The lowest BCUT2D eigenvalue weighted by molar-refractivity contribution is -0.123. The number of hydrogen-bond acceptors (Lipinski definition) is 2. The third kappa shape index (κ3) is 3.53. The molecule has 2 fully saturated rings. The molecule has 2 aliphatic carbocycles. The highest BCUT2D eigenvalue weighted by Gasteiger charge is 2.45. The molecule has 1 aromatic rings. The van der Waals surface area contributed by atoms with Crippen molar-refractivity contribution < 1.29 is 4.79 Å². The van der Waals surface area contributed by atoms with Crippen molar-refractivity contribution in [2.24, 2.45) is 11.7 Å². The van der Waals surface area contributed by atoms with E-state index in [0.717, 1.165) is 37.7 Å². The SMILES string of the molecule is NC1CCC(NC(=O)C2CC2c2ccc(Cl)cc2Cl)CC1. The molecular weight excluding hydrogens is 307 g/mol. The number of halogens is 2. The number of carbonyl (C=O) groups is 1. The minimum atomic E-state index is 0.0549. The molecule has 0 aromatic heterocycles. The van der Waals surface area contributed by atoms with Gasteiger partial charge in [-0.1, -0.05) is 29.3 Å². The van der Waals surface area contributed by atoms with Crippen LogP contribution in [-0.4, -0.2) is 18.0 Å². The number of nitrogens with two attached hydrogens (primary N) is 1. The first-order valence-electron chi connectivity index (χ1n) is 7.55. The molecule has 0 bridgehead atoms. The van der Waals surface area contributed by atoms with Crippen molar-refractivity contribution in [3.05, 3.63) is 33.8 Å². The van der Waals surface area contributed by atoms with Crippen molar-refractivity contribution in [3.63, 3.8) is 0 Å². The number of hydrogen-bond donors (Lipinski definition) is 2. The summed E-state index contributed by atoms with van der Waals surface area (Å²) < 4.78 is 0. The molecule has 3 nitrogen and oxygen atoms in total. The Hall–Kier alpha value is -0.770. The van der Waals surface area contributed by atoms with E-state index in [0.29, 0.717) is 22.1 Å². The Morgan fingerprint density at radius 1 is 1.19 bits per heavy atom. The maximum absolute atomic E-state index is 12.3. The van der Waals surface area contributed by atoms with Gasteiger partial charge >= 0.3 is 0 Å². The van der Waals surface area contributed by atoms with Gasteiger partial charge in [0.2, 0.25) is 5.91 Å². The van der Waals surface area contributed by atoms with E-state index in [1.165, 1.54) is 0 Å².